The van der Waals surface area contributed by atoms with Crippen LogP contribution < -0.4 is 0 Å². The molecule has 0 aliphatic carbocycles. The number of aromatic nitrogens is 3. The van der Waals surface area contributed by atoms with Crippen molar-refractivity contribution in [2.75, 3.05) is 6.61 Å². The number of H-pyrrole nitrogens is 1. The highest BCUT2D eigenvalue weighted by Gasteiger charge is 2.20. The highest BCUT2D eigenvalue weighted by molar-refractivity contribution is 9.10. The normalized spacial score (nSPS) is 10.2. The number of ether oxygens (including phenoxy) is 1. The SMILES string of the molecule is CCOC(=O)c1n[nH]nc1-c1ccccc1Br. The van der Waals surface area contributed by atoms with Gasteiger partial charge in [-0.25, -0.2) is 4.79 Å². The van der Waals surface area contributed by atoms with Crippen molar-refractivity contribution >= 4 is 21.9 Å². The lowest BCUT2D eigenvalue weighted by Gasteiger charge is -2.02. The molecule has 0 radical (unpaired) electrons. The third-order valence-corrected chi connectivity index (χ3v) is 2.84. The maximum absolute atomic E-state index is 11.7. The Kier molecular flexibility index (Phi) is 3.53. The summed E-state index contributed by atoms with van der Waals surface area (Å²) in [5.41, 5.74) is 1.47. The fourth-order valence-corrected chi connectivity index (χ4v) is 1.89. The van der Waals surface area contributed by atoms with E-state index in [1.807, 2.05) is 24.3 Å². The van der Waals surface area contributed by atoms with E-state index in [4.69, 9.17) is 4.74 Å². The van der Waals surface area contributed by atoms with Crippen molar-refractivity contribution in [1.29, 1.82) is 0 Å². The zero-order valence-electron chi connectivity index (χ0n) is 9.11. The quantitative estimate of drug-likeness (QED) is 0.883. The summed E-state index contributed by atoms with van der Waals surface area (Å²) in [6, 6.07) is 7.48. The molecule has 0 atom stereocenters. The Bertz CT molecular complexity index is 539. The minimum absolute atomic E-state index is 0.193. The molecule has 1 N–H and O–H groups in total. The molecular weight excluding hydrogens is 286 g/mol. The van der Waals surface area contributed by atoms with Crippen molar-refractivity contribution in [3.8, 4) is 11.3 Å². The van der Waals surface area contributed by atoms with Crippen molar-refractivity contribution < 1.29 is 9.53 Å². The summed E-state index contributed by atoms with van der Waals surface area (Å²) in [5.74, 6) is -0.480. The van der Waals surface area contributed by atoms with Crippen LogP contribution in [0.2, 0.25) is 0 Å². The molecule has 0 saturated heterocycles. The summed E-state index contributed by atoms with van der Waals surface area (Å²) < 4.78 is 5.76. The molecule has 0 unspecified atom stereocenters. The molecule has 0 spiro atoms. The molecular formula is C11H10BrN3O2. The summed E-state index contributed by atoms with van der Waals surface area (Å²) in [5, 5.41) is 10.2. The van der Waals surface area contributed by atoms with Crippen molar-refractivity contribution in [3.63, 3.8) is 0 Å². The van der Waals surface area contributed by atoms with Crippen LogP contribution in [0.25, 0.3) is 11.3 Å². The van der Waals surface area contributed by atoms with Gasteiger partial charge >= 0.3 is 5.97 Å². The second kappa shape index (κ2) is 5.09. The van der Waals surface area contributed by atoms with Crippen molar-refractivity contribution in [2.45, 2.75) is 6.92 Å². The van der Waals surface area contributed by atoms with E-state index < -0.39 is 5.97 Å². The highest BCUT2D eigenvalue weighted by Crippen LogP contribution is 2.28. The van der Waals surface area contributed by atoms with Crippen molar-refractivity contribution in [2.24, 2.45) is 0 Å². The lowest BCUT2D eigenvalue weighted by molar-refractivity contribution is 0.0520. The molecule has 0 saturated carbocycles. The van der Waals surface area contributed by atoms with E-state index in [2.05, 4.69) is 31.3 Å². The lowest BCUT2D eigenvalue weighted by atomic mass is 10.1. The molecule has 17 heavy (non-hydrogen) atoms. The van der Waals surface area contributed by atoms with E-state index in [-0.39, 0.29) is 5.69 Å². The van der Waals surface area contributed by atoms with E-state index in [0.29, 0.717) is 12.3 Å². The minimum atomic E-state index is -0.480. The standard InChI is InChI=1S/C11H10BrN3O2/c1-2-17-11(16)10-9(13-15-14-10)7-5-3-4-6-8(7)12/h3-6H,2H2,1H3,(H,13,14,15). The van der Waals surface area contributed by atoms with E-state index in [1.165, 1.54) is 0 Å². The monoisotopic (exact) mass is 295 g/mol. The number of nitrogens with zero attached hydrogens (tertiary/aromatic N) is 2. The zero-order valence-corrected chi connectivity index (χ0v) is 10.7. The summed E-state index contributed by atoms with van der Waals surface area (Å²) in [4.78, 5) is 11.7. The number of halogens is 1. The first-order valence-corrected chi connectivity index (χ1v) is 5.86. The van der Waals surface area contributed by atoms with Crippen LogP contribution in [0.5, 0.6) is 0 Å². The van der Waals surface area contributed by atoms with Gasteiger partial charge in [0, 0.05) is 10.0 Å². The molecule has 0 bridgehead atoms. The number of esters is 1. The van der Waals surface area contributed by atoms with Gasteiger partial charge in [-0.15, -0.1) is 5.10 Å². The second-order valence-electron chi connectivity index (χ2n) is 3.22. The van der Waals surface area contributed by atoms with E-state index in [9.17, 15) is 4.79 Å². The Morgan fingerprint density at radius 1 is 1.41 bits per heavy atom. The molecule has 0 aliphatic rings. The molecule has 88 valence electrons. The molecule has 1 aromatic carbocycles. The Balaban J connectivity index is 2.44. The number of carbonyl (C=O) groups excluding carboxylic acids is 1. The number of carbonyl (C=O) groups is 1. The van der Waals surface area contributed by atoms with Crippen LogP contribution in [0.15, 0.2) is 28.7 Å². The van der Waals surface area contributed by atoms with Gasteiger partial charge in [0.1, 0.15) is 5.69 Å². The maximum Gasteiger partial charge on any atom is 0.361 e. The molecule has 6 heteroatoms. The van der Waals surface area contributed by atoms with E-state index in [0.717, 1.165) is 10.0 Å². The third kappa shape index (κ3) is 2.36. The summed E-state index contributed by atoms with van der Waals surface area (Å²) in [6.07, 6.45) is 0. The minimum Gasteiger partial charge on any atom is -0.461 e. The largest absolute Gasteiger partial charge is 0.461 e. The first-order chi connectivity index (χ1) is 8.24. The molecule has 5 nitrogen and oxygen atoms in total. The average Bonchev–Trinajstić information content (AvgIpc) is 2.79. The molecule has 1 heterocycles. The number of benzene rings is 1. The van der Waals surface area contributed by atoms with Crippen LogP contribution in [-0.2, 0) is 4.74 Å². The Labute approximate surface area is 106 Å². The van der Waals surface area contributed by atoms with Crippen LogP contribution in [-0.4, -0.2) is 28.0 Å². The smallest absolute Gasteiger partial charge is 0.361 e. The van der Waals surface area contributed by atoms with Gasteiger partial charge in [0.05, 0.1) is 6.61 Å². The van der Waals surface area contributed by atoms with Gasteiger partial charge in [-0.2, -0.15) is 10.3 Å². The van der Waals surface area contributed by atoms with Gasteiger partial charge in [0.15, 0.2) is 5.69 Å². The van der Waals surface area contributed by atoms with Crippen molar-refractivity contribution in [3.05, 3.63) is 34.4 Å². The summed E-state index contributed by atoms with van der Waals surface area (Å²) >= 11 is 3.41. The van der Waals surface area contributed by atoms with Crippen LogP contribution in [0.3, 0.4) is 0 Å². The molecule has 0 aliphatic heterocycles. The van der Waals surface area contributed by atoms with Gasteiger partial charge in [-0.05, 0) is 13.0 Å². The lowest BCUT2D eigenvalue weighted by Crippen LogP contribution is -2.06. The number of nitrogens with one attached hydrogen (secondary N) is 1. The molecule has 2 aromatic rings. The van der Waals surface area contributed by atoms with Crippen LogP contribution in [0.4, 0.5) is 0 Å². The predicted molar refractivity (Wildman–Crippen MR) is 65.5 cm³/mol. The van der Waals surface area contributed by atoms with E-state index in [1.54, 1.807) is 6.92 Å². The van der Waals surface area contributed by atoms with Crippen molar-refractivity contribution in [1.82, 2.24) is 15.4 Å². The fourth-order valence-electron chi connectivity index (χ4n) is 1.41. The first kappa shape index (κ1) is 11.8. The first-order valence-electron chi connectivity index (χ1n) is 5.06. The summed E-state index contributed by atoms with van der Waals surface area (Å²) in [7, 11) is 0. The summed E-state index contributed by atoms with van der Waals surface area (Å²) in [6.45, 7) is 2.05. The average molecular weight is 296 g/mol. The van der Waals surface area contributed by atoms with Gasteiger partial charge < -0.3 is 4.74 Å². The Morgan fingerprint density at radius 3 is 2.88 bits per heavy atom. The number of hydrogen-bond acceptors (Lipinski definition) is 4. The van der Waals surface area contributed by atoms with Gasteiger partial charge in [0.2, 0.25) is 0 Å². The topological polar surface area (TPSA) is 67.9 Å². The predicted octanol–water partition coefficient (Wildman–Crippen LogP) is 2.41. The zero-order chi connectivity index (χ0) is 12.3. The number of aromatic amines is 1. The molecule has 0 fully saturated rings. The van der Waals surface area contributed by atoms with Crippen LogP contribution in [0, 0.1) is 0 Å². The molecule has 0 amide bonds. The fraction of sp³-hybridized carbons (Fsp3) is 0.182. The van der Waals surface area contributed by atoms with E-state index >= 15 is 0 Å². The molecule has 2 rings (SSSR count). The number of hydrogen-bond donors (Lipinski definition) is 1. The Hall–Kier alpha value is -1.69. The molecule has 1 aromatic heterocycles. The third-order valence-electron chi connectivity index (χ3n) is 2.15. The second-order valence-corrected chi connectivity index (χ2v) is 4.08. The maximum atomic E-state index is 11.7. The van der Waals surface area contributed by atoms with Gasteiger partial charge in [0.25, 0.3) is 0 Å². The highest BCUT2D eigenvalue weighted by atomic mass is 79.9. The van der Waals surface area contributed by atoms with Gasteiger partial charge in [-0.1, -0.05) is 34.1 Å². The van der Waals surface area contributed by atoms with Crippen LogP contribution in [0.1, 0.15) is 17.4 Å². The Morgan fingerprint density at radius 2 is 2.18 bits per heavy atom. The van der Waals surface area contributed by atoms with Gasteiger partial charge in [-0.3, -0.25) is 0 Å². The number of rotatable bonds is 3. The van der Waals surface area contributed by atoms with Crippen LogP contribution >= 0.6 is 15.9 Å².